The standard InChI is InChI=1S/C22H26ClN5O2/c1-13-8-9-24-20-19(13)28(22(30)27(20)3)12-15-4-6-17(7-5-15)26-21(29)18-10-16(23)11-25-14(18)2/h8-11,15,17H,4-7,12H2,1-3H3,(H,26,29)/t15-,17-. The molecule has 1 aliphatic carbocycles. The first-order valence-electron chi connectivity index (χ1n) is 10.3. The van der Waals surface area contributed by atoms with Gasteiger partial charge in [-0.3, -0.25) is 18.9 Å². The number of imidazole rings is 1. The monoisotopic (exact) mass is 427 g/mol. The maximum atomic E-state index is 12.8. The number of carbonyl (C=O) groups excluding carboxylic acids is 1. The lowest BCUT2D eigenvalue weighted by Gasteiger charge is -2.29. The minimum atomic E-state index is -0.127. The lowest BCUT2D eigenvalue weighted by atomic mass is 9.85. The molecular weight excluding hydrogens is 402 g/mol. The number of rotatable bonds is 4. The van der Waals surface area contributed by atoms with Gasteiger partial charge in [0.2, 0.25) is 0 Å². The van der Waals surface area contributed by atoms with Gasteiger partial charge in [-0.25, -0.2) is 9.78 Å². The highest BCUT2D eigenvalue weighted by Gasteiger charge is 2.25. The van der Waals surface area contributed by atoms with Crippen molar-refractivity contribution >= 4 is 28.7 Å². The SMILES string of the molecule is Cc1ncc(Cl)cc1C(=O)N[C@H]1CC[C@H](Cn2c(=O)n(C)c3nccc(C)c32)CC1. The summed E-state index contributed by atoms with van der Waals surface area (Å²) in [4.78, 5) is 33.9. The molecule has 1 amide bonds. The normalized spacial score (nSPS) is 19.2. The average molecular weight is 428 g/mol. The molecule has 3 heterocycles. The van der Waals surface area contributed by atoms with Gasteiger partial charge in [-0.05, 0) is 63.1 Å². The number of fused-ring (bicyclic) bond motifs is 1. The van der Waals surface area contributed by atoms with E-state index in [1.165, 1.54) is 0 Å². The zero-order chi connectivity index (χ0) is 21.4. The third kappa shape index (κ3) is 3.86. The van der Waals surface area contributed by atoms with E-state index in [-0.39, 0.29) is 17.6 Å². The van der Waals surface area contributed by atoms with Gasteiger partial charge >= 0.3 is 5.69 Å². The van der Waals surface area contributed by atoms with Crippen molar-refractivity contribution < 1.29 is 4.79 Å². The van der Waals surface area contributed by atoms with Crippen molar-refractivity contribution in [2.75, 3.05) is 0 Å². The molecule has 3 aromatic rings. The van der Waals surface area contributed by atoms with Crippen LogP contribution in [-0.2, 0) is 13.6 Å². The summed E-state index contributed by atoms with van der Waals surface area (Å²) in [7, 11) is 1.77. The number of pyridine rings is 2. The topological polar surface area (TPSA) is 81.8 Å². The largest absolute Gasteiger partial charge is 0.349 e. The lowest BCUT2D eigenvalue weighted by Crippen LogP contribution is -2.39. The van der Waals surface area contributed by atoms with Crippen LogP contribution < -0.4 is 11.0 Å². The molecule has 1 fully saturated rings. The number of aryl methyl sites for hydroxylation is 3. The number of amides is 1. The van der Waals surface area contributed by atoms with Crippen molar-refractivity contribution in [3.05, 3.63) is 56.9 Å². The van der Waals surface area contributed by atoms with Crippen LogP contribution in [0.3, 0.4) is 0 Å². The zero-order valence-corrected chi connectivity index (χ0v) is 18.2. The molecule has 1 aliphatic rings. The van der Waals surface area contributed by atoms with Crippen LogP contribution in [0.4, 0.5) is 0 Å². The Morgan fingerprint density at radius 1 is 1.23 bits per heavy atom. The molecule has 0 bridgehead atoms. The van der Waals surface area contributed by atoms with Crippen LogP contribution in [0.1, 0.15) is 47.3 Å². The molecule has 0 unspecified atom stereocenters. The summed E-state index contributed by atoms with van der Waals surface area (Å²) in [6.45, 7) is 4.50. The molecular formula is C22H26ClN5O2. The van der Waals surface area contributed by atoms with Crippen molar-refractivity contribution in [3.8, 4) is 0 Å². The number of nitrogens with one attached hydrogen (secondary N) is 1. The molecule has 0 spiro atoms. The van der Waals surface area contributed by atoms with Gasteiger partial charge in [0.15, 0.2) is 5.65 Å². The van der Waals surface area contributed by atoms with Gasteiger partial charge in [0.1, 0.15) is 0 Å². The maximum absolute atomic E-state index is 12.8. The summed E-state index contributed by atoms with van der Waals surface area (Å²) in [6, 6.07) is 3.73. The van der Waals surface area contributed by atoms with E-state index in [2.05, 4.69) is 15.3 Å². The highest BCUT2D eigenvalue weighted by molar-refractivity contribution is 6.30. The van der Waals surface area contributed by atoms with Gasteiger partial charge in [0.05, 0.1) is 21.8 Å². The van der Waals surface area contributed by atoms with E-state index < -0.39 is 0 Å². The molecule has 0 atom stereocenters. The van der Waals surface area contributed by atoms with E-state index in [4.69, 9.17) is 11.6 Å². The number of halogens is 1. The van der Waals surface area contributed by atoms with Crippen LogP contribution in [-0.4, -0.2) is 31.1 Å². The lowest BCUT2D eigenvalue weighted by molar-refractivity contribution is 0.0919. The van der Waals surface area contributed by atoms with E-state index >= 15 is 0 Å². The highest BCUT2D eigenvalue weighted by Crippen LogP contribution is 2.27. The van der Waals surface area contributed by atoms with Crippen molar-refractivity contribution in [1.29, 1.82) is 0 Å². The second-order valence-electron chi connectivity index (χ2n) is 8.23. The van der Waals surface area contributed by atoms with Gasteiger partial charge in [0, 0.05) is 32.0 Å². The fourth-order valence-electron chi connectivity index (χ4n) is 4.40. The Hall–Kier alpha value is -2.67. The molecule has 30 heavy (non-hydrogen) atoms. The first kappa shape index (κ1) is 20.6. The van der Waals surface area contributed by atoms with Crippen molar-refractivity contribution in [2.45, 2.75) is 52.1 Å². The Balaban J connectivity index is 1.42. The molecule has 0 aliphatic heterocycles. The summed E-state index contributed by atoms with van der Waals surface area (Å²) in [5.74, 6) is 0.272. The Morgan fingerprint density at radius 2 is 1.97 bits per heavy atom. The number of hydrogen-bond acceptors (Lipinski definition) is 4. The summed E-state index contributed by atoms with van der Waals surface area (Å²) >= 11 is 5.99. The molecule has 8 heteroatoms. The number of aromatic nitrogens is 4. The molecule has 4 rings (SSSR count). The predicted octanol–water partition coefficient (Wildman–Crippen LogP) is 3.39. The third-order valence-electron chi connectivity index (χ3n) is 6.13. The summed E-state index contributed by atoms with van der Waals surface area (Å²) in [5.41, 5.74) is 3.88. The fraction of sp³-hybridized carbons (Fsp3) is 0.455. The van der Waals surface area contributed by atoms with Gasteiger partial charge in [-0.2, -0.15) is 0 Å². The van der Waals surface area contributed by atoms with E-state index in [0.29, 0.717) is 28.7 Å². The van der Waals surface area contributed by atoms with Gasteiger partial charge in [-0.15, -0.1) is 0 Å². The van der Waals surface area contributed by atoms with E-state index in [1.54, 1.807) is 37.0 Å². The minimum absolute atomic E-state index is 0.0221. The number of nitrogens with zero attached hydrogens (tertiary/aromatic N) is 4. The smallest absolute Gasteiger partial charge is 0.330 e. The molecule has 0 saturated heterocycles. The predicted molar refractivity (Wildman–Crippen MR) is 117 cm³/mol. The summed E-state index contributed by atoms with van der Waals surface area (Å²) in [5, 5.41) is 3.58. The van der Waals surface area contributed by atoms with Crippen LogP contribution in [0, 0.1) is 19.8 Å². The molecule has 1 saturated carbocycles. The fourth-order valence-corrected chi connectivity index (χ4v) is 4.56. The Morgan fingerprint density at radius 3 is 2.70 bits per heavy atom. The van der Waals surface area contributed by atoms with Crippen molar-refractivity contribution in [2.24, 2.45) is 13.0 Å². The third-order valence-corrected chi connectivity index (χ3v) is 6.34. The molecule has 3 aromatic heterocycles. The second kappa shape index (κ2) is 8.22. The highest BCUT2D eigenvalue weighted by atomic mass is 35.5. The first-order valence-corrected chi connectivity index (χ1v) is 10.7. The van der Waals surface area contributed by atoms with Gasteiger partial charge in [0.25, 0.3) is 5.91 Å². The van der Waals surface area contributed by atoms with Crippen molar-refractivity contribution in [3.63, 3.8) is 0 Å². The molecule has 158 valence electrons. The van der Waals surface area contributed by atoms with Crippen LogP contribution in [0.2, 0.25) is 5.02 Å². The minimum Gasteiger partial charge on any atom is -0.349 e. The number of hydrogen-bond donors (Lipinski definition) is 1. The summed E-state index contributed by atoms with van der Waals surface area (Å²) in [6.07, 6.45) is 6.98. The molecule has 0 aromatic carbocycles. The first-order chi connectivity index (χ1) is 14.3. The Labute approximate surface area is 180 Å². The molecule has 1 N–H and O–H groups in total. The Kier molecular flexibility index (Phi) is 5.64. The molecule has 0 radical (unpaired) electrons. The molecule has 7 nitrogen and oxygen atoms in total. The van der Waals surface area contributed by atoms with Crippen molar-refractivity contribution in [1.82, 2.24) is 24.4 Å². The van der Waals surface area contributed by atoms with Crippen LogP contribution >= 0.6 is 11.6 Å². The summed E-state index contributed by atoms with van der Waals surface area (Å²) < 4.78 is 3.48. The zero-order valence-electron chi connectivity index (χ0n) is 17.5. The van der Waals surface area contributed by atoms with E-state index in [0.717, 1.165) is 42.4 Å². The maximum Gasteiger partial charge on any atom is 0.330 e. The quantitative estimate of drug-likeness (QED) is 0.691. The van der Waals surface area contributed by atoms with Crippen LogP contribution in [0.5, 0.6) is 0 Å². The van der Waals surface area contributed by atoms with E-state index in [1.807, 2.05) is 17.6 Å². The van der Waals surface area contributed by atoms with Crippen LogP contribution in [0.15, 0.2) is 29.3 Å². The van der Waals surface area contributed by atoms with Crippen LogP contribution in [0.25, 0.3) is 11.2 Å². The number of carbonyl (C=O) groups is 1. The van der Waals surface area contributed by atoms with E-state index in [9.17, 15) is 9.59 Å². The Bertz CT molecular complexity index is 1160. The van der Waals surface area contributed by atoms with Gasteiger partial charge < -0.3 is 5.32 Å². The average Bonchev–Trinajstić information content (AvgIpc) is 2.97. The van der Waals surface area contributed by atoms with Gasteiger partial charge in [-0.1, -0.05) is 11.6 Å². The second-order valence-corrected chi connectivity index (χ2v) is 8.67.